The van der Waals surface area contributed by atoms with Crippen molar-refractivity contribution >= 4 is 33.2 Å². The van der Waals surface area contributed by atoms with Crippen molar-refractivity contribution in [1.82, 2.24) is 14.3 Å². The second-order valence-electron chi connectivity index (χ2n) is 7.26. The monoisotopic (exact) mass is 457 g/mol. The van der Waals surface area contributed by atoms with Crippen LogP contribution in [0.5, 0.6) is 0 Å². The third kappa shape index (κ3) is 4.16. The van der Waals surface area contributed by atoms with E-state index in [1.54, 1.807) is 0 Å². The number of rotatable bonds is 7. The van der Waals surface area contributed by atoms with E-state index in [4.69, 9.17) is 16.9 Å². The number of halogens is 3. The van der Waals surface area contributed by atoms with E-state index in [-0.39, 0.29) is 39.8 Å². The van der Waals surface area contributed by atoms with Gasteiger partial charge in [-0.2, -0.15) is 5.26 Å². The Labute approximate surface area is 176 Å². The molecule has 3 rings (SSSR count). The van der Waals surface area contributed by atoms with E-state index in [2.05, 4.69) is 15.0 Å². The van der Waals surface area contributed by atoms with Crippen LogP contribution in [-0.2, 0) is 17.1 Å². The Morgan fingerprint density at radius 3 is 2.70 bits per heavy atom. The number of hydrogen-bond donors (Lipinski definition) is 2. The lowest BCUT2D eigenvalue weighted by Crippen LogP contribution is -2.52. The van der Waals surface area contributed by atoms with Crippen LogP contribution in [0.4, 0.5) is 14.5 Å². The Kier molecular flexibility index (Phi) is 6.12. The maximum Gasteiger partial charge on any atom is 0.273 e. The van der Waals surface area contributed by atoms with Crippen molar-refractivity contribution in [1.29, 1.82) is 5.26 Å². The van der Waals surface area contributed by atoms with Crippen LogP contribution in [0.25, 0.3) is 0 Å². The molecule has 0 spiro atoms. The number of hydrogen-bond acceptors (Lipinski definition) is 5. The number of pyridine rings is 1. The van der Waals surface area contributed by atoms with Crippen LogP contribution in [0.15, 0.2) is 29.4 Å². The van der Waals surface area contributed by atoms with Crippen molar-refractivity contribution in [3.63, 3.8) is 0 Å². The van der Waals surface area contributed by atoms with Crippen LogP contribution in [-0.4, -0.2) is 43.3 Å². The number of anilines is 1. The first-order valence-corrected chi connectivity index (χ1v) is 10.7. The van der Waals surface area contributed by atoms with Gasteiger partial charge in [0.2, 0.25) is 10.0 Å². The second-order valence-corrected chi connectivity index (χ2v) is 9.32. The molecule has 160 valence electrons. The molecule has 1 saturated carbocycles. The number of aryl methyl sites for hydroxylation is 1. The molecule has 1 amide bonds. The summed E-state index contributed by atoms with van der Waals surface area (Å²) in [6.07, 6.45) is 2.61. The Balaban J connectivity index is 1.79. The summed E-state index contributed by atoms with van der Waals surface area (Å²) in [6.45, 7) is -1.72. The van der Waals surface area contributed by atoms with Crippen molar-refractivity contribution in [3.8, 4) is 6.07 Å². The first-order chi connectivity index (χ1) is 14.1. The summed E-state index contributed by atoms with van der Waals surface area (Å²) < 4.78 is 54.9. The minimum atomic E-state index is -4.12. The van der Waals surface area contributed by atoms with Crippen LogP contribution in [0, 0.1) is 16.7 Å². The van der Waals surface area contributed by atoms with E-state index >= 15 is 0 Å². The topological polar surface area (TPSA) is 117 Å². The Hall–Kier alpha value is -2.55. The molecular weight excluding hydrogens is 440 g/mol. The van der Waals surface area contributed by atoms with Crippen LogP contribution < -0.4 is 10.0 Å². The summed E-state index contributed by atoms with van der Waals surface area (Å²) in [4.78, 5) is 16.1. The molecule has 0 bridgehead atoms. The largest absolute Gasteiger partial charge is 0.344 e. The molecule has 30 heavy (non-hydrogen) atoms. The molecule has 0 atom stereocenters. The Bertz CT molecular complexity index is 1120. The zero-order chi connectivity index (χ0) is 22.1. The normalized spacial score (nSPS) is 16.0. The summed E-state index contributed by atoms with van der Waals surface area (Å²) in [7, 11) is -2.67. The summed E-state index contributed by atoms with van der Waals surface area (Å²) in [5.74, 6) is -0.684. The van der Waals surface area contributed by atoms with Gasteiger partial charge < -0.3 is 9.88 Å². The summed E-state index contributed by atoms with van der Waals surface area (Å²) in [5, 5.41) is 11.1. The fourth-order valence-electron chi connectivity index (χ4n) is 3.38. The number of alkyl halides is 2. The van der Waals surface area contributed by atoms with Gasteiger partial charge >= 0.3 is 0 Å². The lowest BCUT2D eigenvalue weighted by atomic mass is 9.67. The molecule has 2 heterocycles. The third-order valence-corrected chi connectivity index (χ3v) is 7.00. The highest BCUT2D eigenvalue weighted by molar-refractivity contribution is 7.89. The van der Waals surface area contributed by atoms with E-state index in [0.29, 0.717) is 0 Å². The predicted octanol–water partition coefficient (Wildman–Crippen LogP) is 2.56. The van der Waals surface area contributed by atoms with E-state index in [0.717, 1.165) is 0 Å². The Morgan fingerprint density at radius 1 is 1.43 bits per heavy atom. The van der Waals surface area contributed by atoms with Gasteiger partial charge in [0, 0.05) is 36.6 Å². The minimum absolute atomic E-state index is 0.0420. The molecule has 0 aliphatic heterocycles. The number of aromatic nitrogens is 2. The van der Waals surface area contributed by atoms with Gasteiger partial charge in [0.1, 0.15) is 22.4 Å². The lowest BCUT2D eigenvalue weighted by Gasteiger charge is -2.43. The number of sulfonamides is 1. The number of carbonyl (C=O) groups is 1. The van der Waals surface area contributed by atoms with Crippen LogP contribution >= 0.6 is 11.6 Å². The van der Waals surface area contributed by atoms with Crippen molar-refractivity contribution in [2.75, 3.05) is 18.7 Å². The van der Waals surface area contributed by atoms with Crippen molar-refractivity contribution < 1.29 is 22.0 Å². The standard InChI is InChI=1S/C18H18ClF2N5O3S/c1-26-8-14(30(28,29)25-13-5-18(6-13,9-20)10-21)15(19)16(26)17(27)24-11-2-3-23-12(4-11)7-22/h2-4,8,13,25H,5-6,9-10H2,1H3,(H,23,24,27). The van der Waals surface area contributed by atoms with Crippen LogP contribution in [0.2, 0.25) is 5.02 Å². The van der Waals surface area contributed by atoms with Gasteiger partial charge in [0.25, 0.3) is 5.91 Å². The molecule has 1 aliphatic rings. The number of nitriles is 1. The molecule has 8 nitrogen and oxygen atoms in total. The van der Waals surface area contributed by atoms with Crippen molar-refractivity contribution in [3.05, 3.63) is 40.9 Å². The average molecular weight is 458 g/mol. The van der Waals surface area contributed by atoms with E-state index in [9.17, 15) is 22.0 Å². The molecule has 1 aliphatic carbocycles. The highest BCUT2D eigenvalue weighted by Crippen LogP contribution is 2.42. The molecule has 0 radical (unpaired) electrons. The fraction of sp³-hybridized carbons (Fsp3) is 0.389. The van der Waals surface area contributed by atoms with Gasteiger partial charge in [-0.15, -0.1) is 0 Å². The van der Waals surface area contributed by atoms with Crippen LogP contribution in [0.3, 0.4) is 0 Å². The summed E-state index contributed by atoms with van der Waals surface area (Å²) >= 11 is 6.20. The molecule has 0 unspecified atom stereocenters. The summed E-state index contributed by atoms with van der Waals surface area (Å²) in [5.41, 5.74) is -0.861. The van der Waals surface area contributed by atoms with Crippen molar-refractivity contribution in [2.45, 2.75) is 23.8 Å². The maximum absolute atomic E-state index is 13.0. The third-order valence-electron chi connectivity index (χ3n) is 4.97. The van der Waals surface area contributed by atoms with Gasteiger partial charge in [0.15, 0.2) is 0 Å². The molecule has 12 heteroatoms. The molecule has 2 N–H and O–H groups in total. The Morgan fingerprint density at radius 2 is 2.10 bits per heavy atom. The first-order valence-electron chi connectivity index (χ1n) is 8.81. The molecule has 0 saturated heterocycles. The number of amides is 1. The van der Waals surface area contributed by atoms with E-state index < -0.39 is 40.7 Å². The number of nitrogens with zero attached hydrogens (tertiary/aromatic N) is 3. The highest BCUT2D eigenvalue weighted by Gasteiger charge is 2.46. The maximum atomic E-state index is 13.0. The first kappa shape index (κ1) is 22.1. The quantitative estimate of drug-likeness (QED) is 0.662. The molecular formula is C18H18ClF2N5O3S. The number of nitrogens with one attached hydrogen (secondary N) is 2. The SMILES string of the molecule is Cn1cc(S(=O)(=O)NC2CC(CF)(CF)C2)c(Cl)c1C(=O)Nc1ccnc(C#N)c1. The van der Waals surface area contributed by atoms with Crippen LogP contribution in [0.1, 0.15) is 29.0 Å². The average Bonchev–Trinajstić information content (AvgIpc) is 2.99. The van der Waals surface area contributed by atoms with Gasteiger partial charge in [-0.3, -0.25) is 13.6 Å². The van der Waals surface area contributed by atoms with Gasteiger partial charge in [-0.05, 0) is 25.0 Å². The molecule has 1 fully saturated rings. The van der Waals surface area contributed by atoms with Gasteiger partial charge in [-0.1, -0.05) is 11.6 Å². The summed E-state index contributed by atoms with van der Waals surface area (Å²) in [6, 6.07) is 4.05. The lowest BCUT2D eigenvalue weighted by molar-refractivity contribution is 0.0334. The molecule has 0 aromatic carbocycles. The van der Waals surface area contributed by atoms with E-state index in [1.807, 2.05) is 6.07 Å². The molecule has 2 aromatic heterocycles. The number of carbonyl (C=O) groups excluding carboxylic acids is 1. The zero-order valence-corrected chi connectivity index (χ0v) is 17.4. The fourth-order valence-corrected chi connectivity index (χ4v) is 5.32. The second kappa shape index (κ2) is 8.29. The minimum Gasteiger partial charge on any atom is -0.344 e. The van der Waals surface area contributed by atoms with Gasteiger partial charge in [0.05, 0.1) is 18.4 Å². The predicted molar refractivity (Wildman–Crippen MR) is 105 cm³/mol. The highest BCUT2D eigenvalue weighted by atomic mass is 35.5. The van der Waals surface area contributed by atoms with E-state index in [1.165, 1.54) is 36.1 Å². The van der Waals surface area contributed by atoms with Crippen molar-refractivity contribution in [2.24, 2.45) is 12.5 Å². The zero-order valence-electron chi connectivity index (χ0n) is 15.8. The smallest absolute Gasteiger partial charge is 0.273 e. The van der Waals surface area contributed by atoms with Gasteiger partial charge in [-0.25, -0.2) is 18.1 Å². The molecule has 2 aromatic rings.